The highest BCUT2D eigenvalue weighted by Gasteiger charge is 2.28. The fourth-order valence-electron chi connectivity index (χ4n) is 0.994. The van der Waals surface area contributed by atoms with Gasteiger partial charge in [0.15, 0.2) is 5.75 Å². The minimum absolute atomic E-state index is 0.188. The van der Waals surface area contributed by atoms with Gasteiger partial charge in [-0.25, -0.2) is 4.57 Å². The van der Waals surface area contributed by atoms with Gasteiger partial charge in [0.25, 0.3) is 0 Å². The quantitative estimate of drug-likeness (QED) is 0.775. The van der Waals surface area contributed by atoms with Crippen LogP contribution in [0, 0.1) is 0 Å². The average Bonchev–Trinajstić information content (AvgIpc) is 2.22. The van der Waals surface area contributed by atoms with Gasteiger partial charge in [0, 0.05) is 6.20 Å². The Morgan fingerprint density at radius 1 is 1.38 bits per heavy atom. The molecule has 1 rings (SSSR count). The van der Waals surface area contributed by atoms with Crippen LogP contribution in [0.4, 0.5) is 5.69 Å². The summed E-state index contributed by atoms with van der Waals surface area (Å²) in [5, 5.41) is 0. The first kappa shape index (κ1) is 13.0. The van der Waals surface area contributed by atoms with Gasteiger partial charge in [0.1, 0.15) is 0 Å². The molecule has 7 heteroatoms. The molecule has 16 heavy (non-hydrogen) atoms. The lowest BCUT2D eigenvalue weighted by Gasteiger charge is -2.17. The Morgan fingerprint density at radius 3 is 2.50 bits per heavy atom. The maximum Gasteiger partial charge on any atom is 0.530 e. The van der Waals surface area contributed by atoms with Gasteiger partial charge in [0.2, 0.25) is 0 Å². The average molecular weight is 246 g/mol. The Labute approximate surface area is 94.3 Å². The van der Waals surface area contributed by atoms with E-state index in [1.165, 1.54) is 18.5 Å². The van der Waals surface area contributed by atoms with E-state index in [9.17, 15) is 4.57 Å². The van der Waals surface area contributed by atoms with Crippen molar-refractivity contribution in [3.63, 3.8) is 0 Å². The number of hydrogen-bond donors (Lipinski definition) is 1. The molecule has 0 saturated carbocycles. The first-order chi connectivity index (χ1) is 7.61. The largest absolute Gasteiger partial charge is 0.530 e. The molecule has 2 N–H and O–H groups in total. The monoisotopic (exact) mass is 246 g/mol. The van der Waals surface area contributed by atoms with E-state index in [1.54, 1.807) is 13.8 Å². The third-order valence-electron chi connectivity index (χ3n) is 1.60. The Balaban J connectivity index is 2.83. The van der Waals surface area contributed by atoms with E-state index in [2.05, 4.69) is 4.98 Å². The van der Waals surface area contributed by atoms with Gasteiger partial charge in [-0.2, -0.15) is 0 Å². The van der Waals surface area contributed by atoms with Crippen LogP contribution in [-0.2, 0) is 13.6 Å². The molecule has 0 aliphatic rings. The minimum atomic E-state index is -3.59. The number of pyridine rings is 1. The van der Waals surface area contributed by atoms with Crippen LogP contribution in [0.1, 0.15) is 13.8 Å². The fourth-order valence-corrected chi connectivity index (χ4v) is 2.20. The standard InChI is InChI=1S/C9H15N2O4P/c1-3-13-16(12,14-4-2)15-9-7-11-6-5-8(9)10/h5-7H,3-4H2,1-2H3,(H2,10,11). The van der Waals surface area contributed by atoms with Crippen molar-refractivity contribution in [2.24, 2.45) is 0 Å². The number of nitrogens with zero attached hydrogens (tertiary/aromatic N) is 1. The summed E-state index contributed by atoms with van der Waals surface area (Å²) in [4.78, 5) is 3.81. The second-order valence-electron chi connectivity index (χ2n) is 2.79. The summed E-state index contributed by atoms with van der Waals surface area (Å²) in [6.07, 6.45) is 2.87. The maximum absolute atomic E-state index is 12.0. The van der Waals surface area contributed by atoms with E-state index < -0.39 is 7.82 Å². The number of phosphoric acid groups is 1. The highest BCUT2D eigenvalue weighted by Crippen LogP contribution is 2.50. The second kappa shape index (κ2) is 5.84. The summed E-state index contributed by atoms with van der Waals surface area (Å²) in [5.74, 6) is 0.188. The number of anilines is 1. The molecule has 0 atom stereocenters. The predicted molar refractivity (Wildman–Crippen MR) is 60.1 cm³/mol. The van der Waals surface area contributed by atoms with Crippen molar-refractivity contribution < 1.29 is 18.1 Å². The molecular weight excluding hydrogens is 231 g/mol. The van der Waals surface area contributed by atoms with Crippen LogP contribution in [0.2, 0.25) is 0 Å². The molecule has 1 aromatic heterocycles. The van der Waals surface area contributed by atoms with Gasteiger partial charge >= 0.3 is 7.82 Å². The molecule has 0 radical (unpaired) electrons. The predicted octanol–water partition coefficient (Wildman–Crippen LogP) is 2.22. The molecule has 1 heterocycles. The molecule has 1 aromatic rings. The van der Waals surface area contributed by atoms with Crippen molar-refractivity contribution in [2.45, 2.75) is 13.8 Å². The van der Waals surface area contributed by atoms with E-state index in [4.69, 9.17) is 19.3 Å². The summed E-state index contributed by atoms with van der Waals surface area (Å²) in [5.41, 5.74) is 5.95. The third-order valence-corrected chi connectivity index (χ3v) is 3.17. The van der Waals surface area contributed by atoms with Crippen molar-refractivity contribution in [1.29, 1.82) is 0 Å². The zero-order valence-electron chi connectivity index (χ0n) is 9.25. The first-order valence-electron chi connectivity index (χ1n) is 4.89. The summed E-state index contributed by atoms with van der Waals surface area (Å²) in [6.45, 7) is 3.83. The van der Waals surface area contributed by atoms with Gasteiger partial charge in [0.05, 0.1) is 25.1 Å². The summed E-state index contributed by atoms with van der Waals surface area (Å²) >= 11 is 0. The smallest absolute Gasteiger partial charge is 0.400 e. The van der Waals surface area contributed by atoms with Crippen LogP contribution in [0.15, 0.2) is 18.5 Å². The Kier molecular flexibility index (Phi) is 4.73. The molecule has 0 bridgehead atoms. The minimum Gasteiger partial charge on any atom is -0.400 e. The summed E-state index contributed by atoms with van der Waals surface area (Å²) < 4.78 is 27.0. The zero-order valence-corrected chi connectivity index (χ0v) is 10.1. The van der Waals surface area contributed by atoms with Crippen molar-refractivity contribution in [3.8, 4) is 5.75 Å². The lowest BCUT2D eigenvalue weighted by molar-refractivity contribution is 0.167. The Bertz CT molecular complexity index is 376. The molecule has 0 unspecified atom stereocenters. The van der Waals surface area contributed by atoms with Crippen molar-refractivity contribution in [2.75, 3.05) is 18.9 Å². The highest BCUT2D eigenvalue weighted by molar-refractivity contribution is 7.48. The van der Waals surface area contributed by atoms with Crippen LogP contribution in [0.3, 0.4) is 0 Å². The normalized spacial score (nSPS) is 11.4. The van der Waals surface area contributed by atoms with Crippen molar-refractivity contribution in [1.82, 2.24) is 4.98 Å². The summed E-state index contributed by atoms with van der Waals surface area (Å²) in [6, 6.07) is 1.54. The molecular formula is C9H15N2O4P. The van der Waals surface area contributed by atoms with Gasteiger partial charge < -0.3 is 10.3 Å². The maximum atomic E-state index is 12.0. The van der Waals surface area contributed by atoms with Gasteiger partial charge in [-0.15, -0.1) is 0 Å². The number of rotatable bonds is 6. The SMILES string of the molecule is CCOP(=O)(OCC)Oc1cnccc1N. The topological polar surface area (TPSA) is 83.7 Å². The van der Waals surface area contributed by atoms with E-state index in [0.29, 0.717) is 5.69 Å². The van der Waals surface area contributed by atoms with Gasteiger partial charge in [-0.05, 0) is 19.9 Å². The molecule has 0 spiro atoms. The number of phosphoric ester groups is 1. The van der Waals surface area contributed by atoms with Gasteiger partial charge in [-0.3, -0.25) is 14.0 Å². The molecule has 0 aliphatic heterocycles. The highest BCUT2D eigenvalue weighted by atomic mass is 31.2. The fraction of sp³-hybridized carbons (Fsp3) is 0.444. The third kappa shape index (κ3) is 3.48. The molecule has 0 fully saturated rings. The molecule has 90 valence electrons. The van der Waals surface area contributed by atoms with Crippen LogP contribution < -0.4 is 10.3 Å². The van der Waals surface area contributed by atoms with Crippen LogP contribution in [0.5, 0.6) is 5.75 Å². The van der Waals surface area contributed by atoms with E-state index in [0.717, 1.165) is 0 Å². The van der Waals surface area contributed by atoms with Gasteiger partial charge in [-0.1, -0.05) is 0 Å². The van der Waals surface area contributed by atoms with E-state index in [1.807, 2.05) is 0 Å². The molecule has 0 aliphatic carbocycles. The van der Waals surface area contributed by atoms with Crippen molar-refractivity contribution >= 4 is 13.5 Å². The second-order valence-corrected chi connectivity index (χ2v) is 4.38. The number of aromatic nitrogens is 1. The number of hydrogen-bond acceptors (Lipinski definition) is 6. The van der Waals surface area contributed by atoms with Crippen LogP contribution in [0.25, 0.3) is 0 Å². The number of nitrogen functional groups attached to an aromatic ring is 1. The van der Waals surface area contributed by atoms with E-state index in [-0.39, 0.29) is 19.0 Å². The Morgan fingerprint density at radius 2 is 2.00 bits per heavy atom. The van der Waals surface area contributed by atoms with Crippen molar-refractivity contribution in [3.05, 3.63) is 18.5 Å². The Hall–Kier alpha value is -1.10. The first-order valence-corrected chi connectivity index (χ1v) is 6.35. The van der Waals surface area contributed by atoms with Crippen LogP contribution in [-0.4, -0.2) is 18.2 Å². The van der Waals surface area contributed by atoms with Crippen LogP contribution >= 0.6 is 7.82 Å². The van der Waals surface area contributed by atoms with E-state index >= 15 is 0 Å². The number of nitrogens with two attached hydrogens (primary N) is 1. The zero-order chi connectivity index (χ0) is 12.0. The molecule has 0 saturated heterocycles. The lowest BCUT2D eigenvalue weighted by atomic mass is 10.4. The molecule has 6 nitrogen and oxygen atoms in total. The lowest BCUT2D eigenvalue weighted by Crippen LogP contribution is -2.04. The molecule has 0 amide bonds. The molecule has 0 aromatic carbocycles. The summed E-state index contributed by atoms with van der Waals surface area (Å²) in [7, 11) is -3.59.